The van der Waals surface area contributed by atoms with E-state index in [1.165, 1.54) is 0 Å². The molecule has 2 N–H and O–H groups in total. The lowest BCUT2D eigenvalue weighted by atomic mass is 10.1. The Hall–Kier alpha value is -1.93. The van der Waals surface area contributed by atoms with Gasteiger partial charge in [0.05, 0.1) is 11.6 Å². The molecule has 0 amide bonds. The largest absolute Gasteiger partial charge is 0.479 e. The van der Waals surface area contributed by atoms with Gasteiger partial charge in [-0.3, -0.25) is 0 Å². The predicted octanol–water partition coefficient (Wildman–Crippen LogP) is 0.815. The van der Waals surface area contributed by atoms with Crippen LogP contribution in [0.25, 0.3) is 0 Å². The molecule has 0 aliphatic carbocycles. The summed E-state index contributed by atoms with van der Waals surface area (Å²) in [7, 11) is 0. The minimum atomic E-state index is -1.81. The normalized spacial score (nSPS) is 11.8. The molecule has 1 aromatic carbocycles. The fourth-order valence-corrected chi connectivity index (χ4v) is 0.977. The number of carboxylic acid groups (broad SMARTS) is 1. The molecular weight excluding hydrogens is 189 g/mol. The van der Waals surface area contributed by atoms with Crippen molar-refractivity contribution in [3.63, 3.8) is 0 Å². The molecule has 1 rings (SSSR count). The zero-order valence-electron chi connectivity index (χ0n) is 6.94. The second-order valence-electron chi connectivity index (χ2n) is 2.63. The molecule has 0 heterocycles. The summed E-state index contributed by atoms with van der Waals surface area (Å²) in [6.07, 6.45) is -1.81. The van der Waals surface area contributed by atoms with E-state index in [0.29, 0.717) is 0 Å². The molecule has 4 nitrogen and oxygen atoms in total. The van der Waals surface area contributed by atoms with E-state index in [2.05, 4.69) is 0 Å². The van der Waals surface area contributed by atoms with Gasteiger partial charge in [0, 0.05) is 0 Å². The smallest absolute Gasteiger partial charge is 0.337 e. The van der Waals surface area contributed by atoms with Gasteiger partial charge in [0.15, 0.2) is 6.10 Å². The lowest BCUT2D eigenvalue weighted by Crippen LogP contribution is -2.10. The molecule has 0 saturated heterocycles. The second kappa shape index (κ2) is 3.85. The van der Waals surface area contributed by atoms with Crippen molar-refractivity contribution >= 4 is 5.97 Å². The molecule has 0 bridgehead atoms. The first-order chi connectivity index (χ1) is 6.54. The lowest BCUT2D eigenvalue weighted by Gasteiger charge is -2.05. The van der Waals surface area contributed by atoms with Gasteiger partial charge >= 0.3 is 5.97 Å². The fraction of sp³-hybridized carbons (Fsp3) is 0.111. The molecule has 1 aromatic rings. The van der Waals surface area contributed by atoms with Crippen LogP contribution in [0.1, 0.15) is 17.2 Å². The zero-order chi connectivity index (χ0) is 10.7. The second-order valence-corrected chi connectivity index (χ2v) is 2.63. The maximum absolute atomic E-state index is 12.8. The fourth-order valence-electron chi connectivity index (χ4n) is 0.977. The molecule has 0 fully saturated rings. The van der Waals surface area contributed by atoms with E-state index < -0.39 is 17.9 Å². The van der Waals surface area contributed by atoms with Crippen molar-refractivity contribution in [1.29, 1.82) is 5.26 Å². The summed E-state index contributed by atoms with van der Waals surface area (Å²) in [5.74, 6) is -2.24. The number of carboxylic acids is 1. The SMILES string of the molecule is N#Cc1cc(F)cc(C(O)C(=O)O)c1. The first-order valence-electron chi connectivity index (χ1n) is 3.66. The summed E-state index contributed by atoms with van der Waals surface area (Å²) in [5, 5.41) is 26.0. The first-order valence-corrected chi connectivity index (χ1v) is 3.66. The summed E-state index contributed by atoms with van der Waals surface area (Å²) in [6.45, 7) is 0. The molecule has 14 heavy (non-hydrogen) atoms. The van der Waals surface area contributed by atoms with E-state index in [1.54, 1.807) is 6.07 Å². The number of benzene rings is 1. The Morgan fingerprint density at radius 1 is 1.50 bits per heavy atom. The molecular formula is C9H6FNO3. The van der Waals surface area contributed by atoms with Gasteiger partial charge in [-0.15, -0.1) is 0 Å². The molecule has 0 saturated carbocycles. The summed E-state index contributed by atoms with van der Waals surface area (Å²) >= 11 is 0. The number of aliphatic hydroxyl groups excluding tert-OH is 1. The number of aliphatic hydroxyl groups is 1. The molecule has 0 radical (unpaired) electrons. The van der Waals surface area contributed by atoms with Crippen molar-refractivity contribution in [2.75, 3.05) is 0 Å². The Labute approximate surface area is 78.8 Å². The first kappa shape index (κ1) is 10.2. The van der Waals surface area contributed by atoms with E-state index in [1.807, 2.05) is 0 Å². The molecule has 0 aromatic heterocycles. The number of aliphatic carboxylic acids is 1. The summed E-state index contributed by atoms with van der Waals surface area (Å²) in [5.41, 5.74) is -0.172. The van der Waals surface area contributed by atoms with Crippen molar-refractivity contribution in [2.45, 2.75) is 6.10 Å². The van der Waals surface area contributed by atoms with Gasteiger partial charge in [0.25, 0.3) is 0 Å². The van der Waals surface area contributed by atoms with E-state index in [0.717, 1.165) is 18.2 Å². The van der Waals surface area contributed by atoms with Crippen LogP contribution < -0.4 is 0 Å². The number of nitrogens with zero attached hydrogens (tertiary/aromatic N) is 1. The number of hydrogen-bond acceptors (Lipinski definition) is 3. The molecule has 5 heteroatoms. The van der Waals surface area contributed by atoms with Crippen LogP contribution in [0.3, 0.4) is 0 Å². The Kier molecular flexibility index (Phi) is 2.79. The third-order valence-electron chi connectivity index (χ3n) is 1.60. The monoisotopic (exact) mass is 195 g/mol. The Morgan fingerprint density at radius 3 is 2.64 bits per heavy atom. The van der Waals surface area contributed by atoms with Crippen LogP contribution in [0.5, 0.6) is 0 Å². The molecule has 72 valence electrons. The molecule has 0 spiro atoms. The van der Waals surface area contributed by atoms with Gasteiger partial charge in [0.2, 0.25) is 0 Å². The van der Waals surface area contributed by atoms with Gasteiger partial charge in [-0.25, -0.2) is 9.18 Å². The third kappa shape index (κ3) is 2.06. The van der Waals surface area contributed by atoms with Crippen LogP contribution in [0.15, 0.2) is 18.2 Å². The van der Waals surface area contributed by atoms with E-state index >= 15 is 0 Å². The van der Waals surface area contributed by atoms with Crippen molar-refractivity contribution < 1.29 is 19.4 Å². The Balaban J connectivity index is 3.17. The van der Waals surface area contributed by atoms with Gasteiger partial charge in [0.1, 0.15) is 5.82 Å². The molecule has 0 aliphatic heterocycles. The minimum Gasteiger partial charge on any atom is -0.479 e. The molecule has 0 aliphatic rings. The van der Waals surface area contributed by atoms with Crippen molar-refractivity contribution in [2.24, 2.45) is 0 Å². The van der Waals surface area contributed by atoms with Crippen LogP contribution in [0.4, 0.5) is 4.39 Å². The van der Waals surface area contributed by atoms with Gasteiger partial charge in [-0.05, 0) is 23.8 Å². The highest BCUT2D eigenvalue weighted by atomic mass is 19.1. The van der Waals surface area contributed by atoms with Gasteiger partial charge in [-0.1, -0.05) is 0 Å². The maximum Gasteiger partial charge on any atom is 0.337 e. The van der Waals surface area contributed by atoms with Crippen molar-refractivity contribution in [3.8, 4) is 6.07 Å². The topological polar surface area (TPSA) is 81.3 Å². The predicted molar refractivity (Wildman–Crippen MR) is 43.7 cm³/mol. The summed E-state index contributed by atoms with van der Waals surface area (Å²) in [4.78, 5) is 10.4. The maximum atomic E-state index is 12.8. The van der Waals surface area contributed by atoms with E-state index in [-0.39, 0.29) is 11.1 Å². The number of carbonyl (C=O) groups is 1. The Morgan fingerprint density at radius 2 is 2.14 bits per heavy atom. The summed E-state index contributed by atoms with van der Waals surface area (Å²) in [6, 6.07) is 4.62. The third-order valence-corrected chi connectivity index (χ3v) is 1.60. The van der Waals surface area contributed by atoms with Crippen LogP contribution in [-0.4, -0.2) is 16.2 Å². The van der Waals surface area contributed by atoms with Gasteiger partial charge in [-0.2, -0.15) is 5.26 Å². The van der Waals surface area contributed by atoms with Crippen LogP contribution in [-0.2, 0) is 4.79 Å². The minimum absolute atomic E-state index is 0.0275. The van der Waals surface area contributed by atoms with Crippen LogP contribution >= 0.6 is 0 Å². The standard InChI is InChI=1S/C9H6FNO3/c10-7-2-5(4-11)1-6(3-7)8(12)9(13)14/h1-3,8,12H,(H,13,14). The van der Waals surface area contributed by atoms with Crippen LogP contribution in [0.2, 0.25) is 0 Å². The highest BCUT2D eigenvalue weighted by molar-refractivity contribution is 5.74. The highest BCUT2D eigenvalue weighted by Gasteiger charge is 2.17. The average Bonchev–Trinajstić information content (AvgIpc) is 2.15. The van der Waals surface area contributed by atoms with E-state index in [9.17, 15) is 9.18 Å². The van der Waals surface area contributed by atoms with E-state index in [4.69, 9.17) is 15.5 Å². The van der Waals surface area contributed by atoms with Gasteiger partial charge < -0.3 is 10.2 Å². The highest BCUT2D eigenvalue weighted by Crippen LogP contribution is 2.16. The van der Waals surface area contributed by atoms with Crippen molar-refractivity contribution in [1.82, 2.24) is 0 Å². The number of nitriles is 1. The number of hydrogen-bond donors (Lipinski definition) is 2. The quantitative estimate of drug-likeness (QED) is 0.731. The molecule has 1 unspecified atom stereocenters. The summed E-state index contributed by atoms with van der Waals surface area (Å²) < 4.78 is 12.8. The number of halogens is 1. The molecule has 1 atom stereocenters. The Bertz CT molecular complexity index is 411. The average molecular weight is 195 g/mol. The lowest BCUT2D eigenvalue weighted by molar-refractivity contribution is -0.146. The van der Waals surface area contributed by atoms with Crippen LogP contribution in [0, 0.1) is 17.1 Å². The zero-order valence-corrected chi connectivity index (χ0v) is 6.94. The van der Waals surface area contributed by atoms with Crippen molar-refractivity contribution in [3.05, 3.63) is 35.1 Å². The number of rotatable bonds is 2.